The lowest BCUT2D eigenvalue weighted by molar-refractivity contribution is 0.0951. The summed E-state index contributed by atoms with van der Waals surface area (Å²) >= 11 is 1.42. The van der Waals surface area contributed by atoms with Gasteiger partial charge in [-0.1, -0.05) is 20.8 Å². The molecule has 108 valence electrons. The second-order valence-corrected chi connectivity index (χ2v) is 6.74. The molecule has 0 saturated heterocycles. The van der Waals surface area contributed by atoms with Crippen molar-refractivity contribution in [2.45, 2.75) is 46.6 Å². The highest BCUT2D eigenvalue weighted by molar-refractivity contribution is 7.13. The van der Waals surface area contributed by atoms with Gasteiger partial charge in [0, 0.05) is 5.41 Å². The van der Waals surface area contributed by atoms with Crippen LogP contribution in [0.3, 0.4) is 0 Å². The lowest BCUT2D eigenvalue weighted by Crippen LogP contribution is -2.22. The van der Waals surface area contributed by atoms with E-state index in [4.69, 9.17) is 4.42 Å². The quantitative estimate of drug-likeness (QED) is 0.944. The fourth-order valence-electron chi connectivity index (χ4n) is 1.58. The average molecular weight is 293 g/mol. The van der Waals surface area contributed by atoms with Crippen LogP contribution in [-0.2, 0) is 12.0 Å². The number of carbonyl (C=O) groups is 1. The number of thiazole rings is 1. The molecule has 0 aliphatic rings. The molecule has 0 unspecified atom stereocenters. The number of aromatic nitrogens is 2. The van der Waals surface area contributed by atoms with Crippen LogP contribution < -0.4 is 5.32 Å². The van der Waals surface area contributed by atoms with Gasteiger partial charge in [-0.15, -0.1) is 11.3 Å². The van der Waals surface area contributed by atoms with E-state index >= 15 is 0 Å². The first kappa shape index (κ1) is 14.7. The van der Waals surface area contributed by atoms with Crippen molar-refractivity contribution in [3.63, 3.8) is 0 Å². The molecule has 2 heterocycles. The second-order valence-electron chi connectivity index (χ2n) is 5.71. The van der Waals surface area contributed by atoms with E-state index in [1.54, 1.807) is 6.20 Å². The standard InChI is InChI=1S/C14H19N3O2S/c1-8-9(2)19-11(17-8)7-15-12(18)10-6-16-13(20-10)14(3,4)5/h6H,7H2,1-5H3,(H,15,18). The smallest absolute Gasteiger partial charge is 0.263 e. The van der Waals surface area contributed by atoms with E-state index in [1.807, 2.05) is 13.8 Å². The minimum absolute atomic E-state index is 0.0417. The molecule has 0 fully saturated rings. The lowest BCUT2D eigenvalue weighted by atomic mass is 9.98. The van der Waals surface area contributed by atoms with Crippen LogP contribution in [0.25, 0.3) is 0 Å². The molecule has 2 rings (SSSR count). The highest BCUT2D eigenvalue weighted by Gasteiger charge is 2.20. The van der Waals surface area contributed by atoms with E-state index in [0.29, 0.717) is 10.8 Å². The van der Waals surface area contributed by atoms with Crippen molar-refractivity contribution < 1.29 is 9.21 Å². The highest BCUT2D eigenvalue weighted by atomic mass is 32.1. The fourth-order valence-corrected chi connectivity index (χ4v) is 2.47. The minimum Gasteiger partial charge on any atom is -0.444 e. The molecule has 0 saturated carbocycles. The van der Waals surface area contributed by atoms with Gasteiger partial charge < -0.3 is 9.73 Å². The molecule has 0 aliphatic carbocycles. The van der Waals surface area contributed by atoms with Crippen molar-refractivity contribution in [1.82, 2.24) is 15.3 Å². The van der Waals surface area contributed by atoms with Crippen molar-refractivity contribution in [2.24, 2.45) is 0 Å². The summed E-state index contributed by atoms with van der Waals surface area (Å²) in [4.78, 5) is 21.2. The Hall–Kier alpha value is -1.69. The first-order valence-electron chi connectivity index (χ1n) is 6.45. The summed E-state index contributed by atoms with van der Waals surface area (Å²) < 4.78 is 5.42. The molecular formula is C14H19N3O2S. The number of carbonyl (C=O) groups excluding carboxylic acids is 1. The summed E-state index contributed by atoms with van der Waals surface area (Å²) in [6, 6.07) is 0. The second kappa shape index (κ2) is 5.36. The van der Waals surface area contributed by atoms with Crippen LogP contribution in [0, 0.1) is 13.8 Å². The number of hydrogen-bond donors (Lipinski definition) is 1. The summed E-state index contributed by atoms with van der Waals surface area (Å²) in [6.07, 6.45) is 1.62. The van der Waals surface area contributed by atoms with Crippen molar-refractivity contribution in [3.05, 3.63) is 33.4 Å². The van der Waals surface area contributed by atoms with Crippen molar-refractivity contribution in [3.8, 4) is 0 Å². The zero-order valence-corrected chi connectivity index (χ0v) is 13.2. The van der Waals surface area contributed by atoms with Crippen LogP contribution in [-0.4, -0.2) is 15.9 Å². The molecule has 5 nitrogen and oxygen atoms in total. The van der Waals surface area contributed by atoms with Crippen LogP contribution in [0.5, 0.6) is 0 Å². The van der Waals surface area contributed by atoms with E-state index in [2.05, 4.69) is 36.1 Å². The van der Waals surface area contributed by atoms with E-state index in [-0.39, 0.29) is 17.9 Å². The van der Waals surface area contributed by atoms with E-state index in [0.717, 1.165) is 16.5 Å². The third-order valence-electron chi connectivity index (χ3n) is 2.84. The van der Waals surface area contributed by atoms with Crippen molar-refractivity contribution in [1.29, 1.82) is 0 Å². The molecular weight excluding hydrogens is 274 g/mol. The Morgan fingerprint density at radius 1 is 1.40 bits per heavy atom. The SMILES string of the molecule is Cc1nc(CNC(=O)c2cnc(C(C)(C)C)s2)oc1C. The minimum atomic E-state index is -0.147. The summed E-state index contributed by atoms with van der Waals surface area (Å²) in [7, 11) is 0. The Morgan fingerprint density at radius 3 is 2.60 bits per heavy atom. The maximum absolute atomic E-state index is 12.0. The van der Waals surface area contributed by atoms with Gasteiger partial charge >= 0.3 is 0 Å². The van der Waals surface area contributed by atoms with Gasteiger partial charge in [-0.05, 0) is 13.8 Å². The number of rotatable bonds is 3. The molecule has 0 aromatic carbocycles. The number of hydrogen-bond acceptors (Lipinski definition) is 5. The molecule has 1 N–H and O–H groups in total. The fraction of sp³-hybridized carbons (Fsp3) is 0.500. The molecule has 0 aliphatic heterocycles. The van der Waals surface area contributed by atoms with Gasteiger partial charge in [-0.25, -0.2) is 9.97 Å². The zero-order valence-electron chi connectivity index (χ0n) is 12.4. The first-order valence-corrected chi connectivity index (χ1v) is 7.26. The Kier molecular flexibility index (Phi) is 3.94. The number of oxazole rings is 1. The molecule has 0 atom stereocenters. The predicted octanol–water partition coefficient (Wildman–Crippen LogP) is 2.98. The highest BCUT2D eigenvalue weighted by Crippen LogP contribution is 2.26. The molecule has 0 spiro atoms. The Labute approximate surface area is 122 Å². The predicted molar refractivity (Wildman–Crippen MR) is 78.0 cm³/mol. The average Bonchev–Trinajstić information content (AvgIpc) is 2.94. The van der Waals surface area contributed by atoms with Gasteiger partial charge in [-0.2, -0.15) is 0 Å². The molecule has 2 aromatic heterocycles. The Morgan fingerprint density at radius 2 is 2.10 bits per heavy atom. The Balaban J connectivity index is 2.00. The van der Waals surface area contributed by atoms with Gasteiger partial charge in [0.15, 0.2) is 0 Å². The molecule has 1 amide bonds. The summed E-state index contributed by atoms with van der Waals surface area (Å²) in [6.45, 7) is 10.2. The third-order valence-corrected chi connectivity index (χ3v) is 4.27. The van der Waals surface area contributed by atoms with Gasteiger partial charge in [0.25, 0.3) is 5.91 Å². The molecule has 0 bridgehead atoms. The van der Waals surface area contributed by atoms with Crippen LogP contribution >= 0.6 is 11.3 Å². The molecule has 20 heavy (non-hydrogen) atoms. The first-order chi connectivity index (χ1) is 9.27. The van der Waals surface area contributed by atoms with Gasteiger partial charge in [0.1, 0.15) is 10.6 Å². The number of nitrogens with one attached hydrogen (secondary N) is 1. The van der Waals surface area contributed by atoms with Gasteiger partial charge in [0.2, 0.25) is 5.89 Å². The normalized spacial score (nSPS) is 11.7. The third kappa shape index (κ3) is 3.25. The molecule has 2 aromatic rings. The van der Waals surface area contributed by atoms with Crippen LogP contribution in [0.2, 0.25) is 0 Å². The van der Waals surface area contributed by atoms with Crippen molar-refractivity contribution >= 4 is 17.2 Å². The van der Waals surface area contributed by atoms with E-state index in [1.165, 1.54) is 11.3 Å². The maximum Gasteiger partial charge on any atom is 0.263 e. The molecule has 6 heteroatoms. The van der Waals surface area contributed by atoms with Crippen LogP contribution in [0.1, 0.15) is 52.8 Å². The summed E-state index contributed by atoms with van der Waals surface area (Å²) in [5.74, 6) is 1.16. The number of amides is 1. The van der Waals surface area contributed by atoms with Gasteiger partial charge in [0.05, 0.1) is 23.4 Å². The topological polar surface area (TPSA) is 68.0 Å². The van der Waals surface area contributed by atoms with Crippen molar-refractivity contribution in [2.75, 3.05) is 0 Å². The van der Waals surface area contributed by atoms with Gasteiger partial charge in [-0.3, -0.25) is 4.79 Å². The zero-order chi connectivity index (χ0) is 14.9. The monoisotopic (exact) mass is 293 g/mol. The maximum atomic E-state index is 12.0. The number of aryl methyl sites for hydroxylation is 2. The van der Waals surface area contributed by atoms with Crippen LogP contribution in [0.4, 0.5) is 0 Å². The summed E-state index contributed by atoms with van der Waals surface area (Å²) in [5.41, 5.74) is 0.807. The van der Waals surface area contributed by atoms with E-state index < -0.39 is 0 Å². The van der Waals surface area contributed by atoms with Crippen LogP contribution in [0.15, 0.2) is 10.6 Å². The van der Waals surface area contributed by atoms with E-state index in [9.17, 15) is 4.79 Å². The summed E-state index contributed by atoms with van der Waals surface area (Å²) in [5, 5.41) is 3.75. The molecule has 0 radical (unpaired) electrons. The largest absolute Gasteiger partial charge is 0.444 e. The number of nitrogens with zero attached hydrogens (tertiary/aromatic N) is 2. The Bertz CT molecular complexity index is 603. The lowest BCUT2D eigenvalue weighted by Gasteiger charge is -2.13.